The molecule has 0 spiro atoms. The van der Waals surface area contributed by atoms with Gasteiger partial charge in [0.1, 0.15) is 11.4 Å². The molecule has 20 heavy (non-hydrogen) atoms. The van der Waals surface area contributed by atoms with Crippen LogP contribution in [0.2, 0.25) is 0 Å². The molecule has 1 aromatic heterocycles. The zero-order chi connectivity index (χ0) is 14.5. The second kappa shape index (κ2) is 6.21. The minimum absolute atomic E-state index is 0.0449. The van der Waals surface area contributed by atoms with E-state index in [1.165, 1.54) is 6.07 Å². The smallest absolute Gasteiger partial charge is 0.292 e. The largest absolute Gasteiger partial charge is 0.468 e. The molecule has 1 aromatic carbocycles. The average Bonchev–Trinajstić information content (AvgIpc) is 2.92. The highest BCUT2D eigenvalue weighted by atomic mass is 16.6. The maximum absolute atomic E-state index is 10.9. The highest BCUT2D eigenvalue weighted by Gasteiger charge is 2.16. The predicted octanol–water partition coefficient (Wildman–Crippen LogP) is 2.79. The lowest BCUT2D eigenvalue weighted by Crippen LogP contribution is -2.22. The molecule has 0 atom stereocenters. The molecule has 2 rings (SSSR count). The second-order valence-electron chi connectivity index (χ2n) is 4.49. The van der Waals surface area contributed by atoms with Crippen LogP contribution in [0.3, 0.4) is 0 Å². The lowest BCUT2D eigenvalue weighted by Gasteiger charge is -2.20. The van der Waals surface area contributed by atoms with Gasteiger partial charge in [-0.3, -0.25) is 15.0 Å². The molecule has 6 nitrogen and oxygen atoms in total. The quantitative estimate of drug-likeness (QED) is 0.497. The van der Waals surface area contributed by atoms with Gasteiger partial charge in [-0.25, -0.2) is 0 Å². The third-order valence-corrected chi connectivity index (χ3v) is 3.17. The van der Waals surface area contributed by atoms with Crippen molar-refractivity contribution in [1.29, 1.82) is 0 Å². The molecule has 0 bridgehead atoms. The van der Waals surface area contributed by atoms with Crippen molar-refractivity contribution in [2.24, 2.45) is 0 Å². The summed E-state index contributed by atoms with van der Waals surface area (Å²) in [7, 11) is 0. The summed E-state index contributed by atoms with van der Waals surface area (Å²) >= 11 is 0. The van der Waals surface area contributed by atoms with E-state index in [0.717, 1.165) is 17.9 Å². The van der Waals surface area contributed by atoms with E-state index in [0.29, 0.717) is 13.1 Å². The molecule has 0 amide bonds. The minimum atomic E-state index is -0.457. The van der Waals surface area contributed by atoms with Gasteiger partial charge in [0, 0.05) is 12.6 Å². The Kier molecular flexibility index (Phi) is 4.37. The Hall–Kier alpha value is -2.34. The topological polar surface area (TPSA) is 85.5 Å². The molecule has 0 fully saturated rings. The summed E-state index contributed by atoms with van der Waals surface area (Å²) in [4.78, 5) is 12.5. The monoisotopic (exact) mass is 275 g/mol. The van der Waals surface area contributed by atoms with Crippen LogP contribution in [0.25, 0.3) is 0 Å². The van der Waals surface area contributed by atoms with Crippen LogP contribution in [0, 0.1) is 10.1 Å². The van der Waals surface area contributed by atoms with Gasteiger partial charge in [-0.1, -0.05) is 19.1 Å². The molecule has 0 unspecified atom stereocenters. The summed E-state index contributed by atoms with van der Waals surface area (Å²) in [5.41, 5.74) is 6.81. The first-order valence-corrected chi connectivity index (χ1v) is 6.38. The summed E-state index contributed by atoms with van der Waals surface area (Å²) in [5.74, 6) is 0.857. The summed E-state index contributed by atoms with van der Waals surface area (Å²) < 4.78 is 5.31. The van der Waals surface area contributed by atoms with Crippen LogP contribution < -0.4 is 5.73 Å². The number of nitro benzene ring substituents is 1. The maximum atomic E-state index is 10.9. The zero-order valence-electron chi connectivity index (χ0n) is 11.3. The van der Waals surface area contributed by atoms with Crippen LogP contribution in [0.4, 0.5) is 11.4 Å². The summed E-state index contributed by atoms with van der Waals surface area (Å²) in [6.07, 6.45) is 1.63. The van der Waals surface area contributed by atoms with E-state index in [1.807, 2.05) is 25.1 Å². The van der Waals surface area contributed by atoms with Crippen LogP contribution in [0.1, 0.15) is 18.2 Å². The number of nitro groups is 1. The Morgan fingerprint density at radius 3 is 2.70 bits per heavy atom. The van der Waals surface area contributed by atoms with Crippen LogP contribution in [-0.4, -0.2) is 16.4 Å². The minimum Gasteiger partial charge on any atom is -0.468 e. The van der Waals surface area contributed by atoms with Crippen molar-refractivity contribution < 1.29 is 9.34 Å². The number of benzene rings is 1. The second-order valence-corrected chi connectivity index (χ2v) is 4.49. The van der Waals surface area contributed by atoms with E-state index >= 15 is 0 Å². The Bertz CT molecular complexity index is 581. The molecule has 0 aliphatic heterocycles. The summed E-state index contributed by atoms with van der Waals surface area (Å²) in [6, 6.07) is 8.63. The molecule has 2 N–H and O–H groups in total. The van der Waals surface area contributed by atoms with Gasteiger partial charge in [0.25, 0.3) is 5.69 Å². The van der Waals surface area contributed by atoms with Gasteiger partial charge in [0.15, 0.2) is 0 Å². The van der Waals surface area contributed by atoms with Gasteiger partial charge in [-0.15, -0.1) is 0 Å². The predicted molar refractivity (Wildman–Crippen MR) is 76.0 cm³/mol. The van der Waals surface area contributed by atoms with Gasteiger partial charge < -0.3 is 10.2 Å². The Morgan fingerprint density at radius 2 is 2.10 bits per heavy atom. The molecule has 0 radical (unpaired) electrons. The van der Waals surface area contributed by atoms with E-state index in [-0.39, 0.29) is 11.4 Å². The van der Waals surface area contributed by atoms with Crippen molar-refractivity contribution in [1.82, 2.24) is 4.90 Å². The van der Waals surface area contributed by atoms with E-state index < -0.39 is 4.92 Å². The Labute approximate surface area is 116 Å². The zero-order valence-corrected chi connectivity index (χ0v) is 11.3. The normalized spacial score (nSPS) is 10.9. The molecular formula is C14H17N3O3. The number of furan rings is 1. The lowest BCUT2D eigenvalue weighted by atomic mass is 10.1. The van der Waals surface area contributed by atoms with Crippen molar-refractivity contribution in [2.75, 3.05) is 12.3 Å². The van der Waals surface area contributed by atoms with Crippen molar-refractivity contribution in [3.8, 4) is 0 Å². The van der Waals surface area contributed by atoms with E-state index in [4.69, 9.17) is 10.2 Å². The summed E-state index contributed by atoms with van der Waals surface area (Å²) in [5, 5.41) is 10.9. The standard InChI is InChI=1S/C14H17N3O3/c1-2-16(10-12-6-4-8-20-12)9-11-5-3-7-13(14(11)15)17(18)19/h3-8H,2,9-10,15H2,1H3. The van der Waals surface area contributed by atoms with Gasteiger partial charge in [0.05, 0.1) is 17.7 Å². The fraction of sp³-hybridized carbons (Fsp3) is 0.286. The van der Waals surface area contributed by atoms with Crippen molar-refractivity contribution in [3.63, 3.8) is 0 Å². The lowest BCUT2D eigenvalue weighted by molar-refractivity contribution is -0.384. The molecule has 2 aromatic rings. The maximum Gasteiger partial charge on any atom is 0.292 e. The highest BCUT2D eigenvalue weighted by molar-refractivity contribution is 5.62. The van der Waals surface area contributed by atoms with Gasteiger partial charge >= 0.3 is 0 Å². The molecule has 0 saturated heterocycles. The average molecular weight is 275 g/mol. The van der Waals surface area contributed by atoms with Crippen LogP contribution in [0.15, 0.2) is 41.0 Å². The molecule has 106 valence electrons. The number of nitrogens with zero attached hydrogens (tertiary/aromatic N) is 2. The van der Waals surface area contributed by atoms with Crippen LogP contribution >= 0.6 is 0 Å². The number of anilines is 1. The molecule has 0 saturated carbocycles. The fourth-order valence-corrected chi connectivity index (χ4v) is 2.04. The van der Waals surface area contributed by atoms with Gasteiger partial charge in [-0.05, 0) is 24.2 Å². The number of nitrogen functional groups attached to an aromatic ring is 1. The van der Waals surface area contributed by atoms with E-state index in [1.54, 1.807) is 12.3 Å². The summed E-state index contributed by atoms with van der Waals surface area (Å²) in [6.45, 7) is 4.01. The van der Waals surface area contributed by atoms with Crippen molar-refractivity contribution >= 4 is 11.4 Å². The first-order valence-electron chi connectivity index (χ1n) is 6.38. The molecular weight excluding hydrogens is 258 g/mol. The number of para-hydroxylation sites is 1. The fourth-order valence-electron chi connectivity index (χ4n) is 2.04. The van der Waals surface area contributed by atoms with Crippen molar-refractivity contribution in [2.45, 2.75) is 20.0 Å². The van der Waals surface area contributed by atoms with Gasteiger partial charge in [-0.2, -0.15) is 0 Å². The highest BCUT2D eigenvalue weighted by Crippen LogP contribution is 2.26. The van der Waals surface area contributed by atoms with E-state index in [2.05, 4.69) is 4.90 Å². The SMILES string of the molecule is CCN(Cc1ccco1)Cc1cccc([N+](=O)[O-])c1N. The molecule has 1 heterocycles. The number of nitrogens with two attached hydrogens (primary N) is 1. The Morgan fingerprint density at radius 1 is 1.30 bits per heavy atom. The van der Waals surface area contributed by atoms with Crippen LogP contribution in [-0.2, 0) is 13.1 Å². The van der Waals surface area contributed by atoms with E-state index in [9.17, 15) is 10.1 Å². The molecule has 0 aliphatic rings. The van der Waals surface area contributed by atoms with Gasteiger partial charge in [0.2, 0.25) is 0 Å². The third kappa shape index (κ3) is 3.16. The third-order valence-electron chi connectivity index (χ3n) is 3.17. The Balaban J connectivity index is 2.15. The number of hydrogen-bond donors (Lipinski definition) is 1. The van der Waals surface area contributed by atoms with Crippen molar-refractivity contribution in [3.05, 3.63) is 58.0 Å². The molecule has 6 heteroatoms. The van der Waals surface area contributed by atoms with Crippen LogP contribution in [0.5, 0.6) is 0 Å². The first kappa shape index (κ1) is 14.1. The first-order chi connectivity index (χ1) is 9.61. The number of hydrogen-bond acceptors (Lipinski definition) is 5. The number of rotatable bonds is 6. The molecule has 0 aliphatic carbocycles.